The van der Waals surface area contributed by atoms with E-state index in [4.69, 9.17) is 11.6 Å². The highest BCUT2D eigenvalue weighted by Gasteiger charge is 2.28. The van der Waals surface area contributed by atoms with Crippen molar-refractivity contribution in [1.29, 1.82) is 0 Å². The normalized spacial score (nSPS) is 20.7. The molecular weight excluding hydrogens is 384 g/mol. The summed E-state index contributed by atoms with van der Waals surface area (Å²) in [6.45, 7) is 9.19. The van der Waals surface area contributed by atoms with Crippen LogP contribution in [0.2, 0.25) is 5.02 Å². The summed E-state index contributed by atoms with van der Waals surface area (Å²) < 4.78 is 2.11. The summed E-state index contributed by atoms with van der Waals surface area (Å²) in [6.07, 6.45) is 4.09. The molecule has 1 unspecified atom stereocenters. The number of aryl methyl sites for hydroxylation is 1. The van der Waals surface area contributed by atoms with Crippen molar-refractivity contribution < 1.29 is 4.79 Å². The molecule has 1 saturated heterocycles. The van der Waals surface area contributed by atoms with Crippen LogP contribution in [0.25, 0.3) is 0 Å². The number of carbonyl (C=O) groups excluding carboxylic acids is 1. The van der Waals surface area contributed by atoms with E-state index in [1.54, 1.807) is 0 Å². The fourth-order valence-electron chi connectivity index (χ4n) is 4.67. The van der Waals surface area contributed by atoms with E-state index >= 15 is 0 Å². The molecule has 5 nitrogen and oxygen atoms in total. The lowest BCUT2D eigenvalue weighted by Crippen LogP contribution is -2.47. The third kappa shape index (κ3) is 4.46. The van der Waals surface area contributed by atoms with Crippen LogP contribution in [0.3, 0.4) is 0 Å². The molecule has 6 heteroatoms. The number of halogens is 1. The highest BCUT2D eigenvalue weighted by atomic mass is 35.5. The zero-order chi connectivity index (χ0) is 20.4. The molecular formula is C23H31ClN4O. The van der Waals surface area contributed by atoms with Crippen LogP contribution in [-0.4, -0.2) is 66.1 Å². The minimum atomic E-state index is 0.206. The number of carbonyl (C=O) groups is 1. The number of fused-ring (bicyclic) bond motifs is 1. The van der Waals surface area contributed by atoms with E-state index < -0.39 is 0 Å². The Balaban J connectivity index is 1.26. The van der Waals surface area contributed by atoms with Gasteiger partial charge in [0.2, 0.25) is 0 Å². The number of amides is 1. The van der Waals surface area contributed by atoms with Crippen molar-refractivity contribution >= 4 is 23.2 Å². The fraction of sp³-hybridized carbons (Fsp3) is 0.522. The molecule has 1 fully saturated rings. The van der Waals surface area contributed by atoms with Gasteiger partial charge in [-0.2, -0.15) is 0 Å². The van der Waals surface area contributed by atoms with Crippen molar-refractivity contribution in [3.8, 4) is 0 Å². The van der Waals surface area contributed by atoms with Crippen LogP contribution in [0.15, 0.2) is 36.5 Å². The number of hydrogen-bond acceptors (Lipinski definition) is 3. The number of nitrogens with zero attached hydrogens (tertiary/aromatic N) is 4. The van der Waals surface area contributed by atoms with E-state index in [-0.39, 0.29) is 5.91 Å². The molecule has 0 radical (unpaired) electrons. The molecule has 1 atom stereocenters. The molecule has 2 aromatic rings. The van der Waals surface area contributed by atoms with E-state index in [1.807, 2.05) is 31.4 Å². The Labute approximate surface area is 178 Å². The molecule has 156 valence electrons. The molecule has 3 heterocycles. The minimum Gasteiger partial charge on any atom is -0.369 e. The van der Waals surface area contributed by atoms with Crippen LogP contribution in [0, 0.1) is 0 Å². The summed E-state index contributed by atoms with van der Waals surface area (Å²) in [5.41, 5.74) is 3.34. The zero-order valence-electron chi connectivity index (χ0n) is 17.5. The van der Waals surface area contributed by atoms with E-state index in [0.29, 0.717) is 5.92 Å². The fourth-order valence-corrected chi connectivity index (χ4v) is 4.80. The Morgan fingerprint density at radius 1 is 1.00 bits per heavy atom. The van der Waals surface area contributed by atoms with E-state index in [0.717, 1.165) is 69.2 Å². The zero-order valence-corrected chi connectivity index (χ0v) is 18.2. The van der Waals surface area contributed by atoms with Gasteiger partial charge in [-0.1, -0.05) is 18.5 Å². The second kappa shape index (κ2) is 8.80. The van der Waals surface area contributed by atoms with Crippen LogP contribution < -0.4 is 4.90 Å². The maximum absolute atomic E-state index is 13.0. The second-order valence-corrected chi connectivity index (χ2v) is 8.80. The average Bonchev–Trinajstić information content (AvgIpc) is 3.07. The van der Waals surface area contributed by atoms with Gasteiger partial charge >= 0.3 is 0 Å². The predicted molar refractivity (Wildman–Crippen MR) is 119 cm³/mol. The van der Waals surface area contributed by atoms with Gasteiger partial charge in [0.05, 0.1) is 5.56 Å². The van der Waals surface area contributed by atoms with Gasteiger partial charge in [0, 0.05) is 68.9 Å². The number of aromatic nitrogens is 1. The van der Waals surface area contributed by atoms with Crippen molar-refractivity contribution in [2.24, 2.45) is 7.05 Å². The molecule has 2 aliphatic heterocycles. The molecule has 29 heavy (non-hydrogen) atoms. The van der Waals surface area contributed by atoms with Crippen molar-refractivity contribution in [3.63, 3.8) is 0 Å². The largest absolute Gasteiger partial charge is 0.369 e. The Morgan fingerprint density at radius 3 is 2.45 bits per heavy atom. The first kappa shape index (κ1) is 20.3. The maximum Gasteiger partial charge on any atom is 0.255 e. The first-order valence-corrected chi connectivity index (χ1v) is 11.1. The highest BCUT2D eigenvalue weighted by Crippen LogP contribution is 2.28. The summed E-state index contributed by atoms with van der Waals surface area (Å²) in [4.78, 5) is 20.0. The molecule has 0 aliphatic carbocycles. The summed E-state index contributed by atoms with van der Waals surface area (Å²) in [5.74, 6) is 0.636. The standard InChI is InChI=1S/C23H31ClN4O/c1-18-8-13-28(23(29)21-9-12-25(2)22(18)21)11-3-10-26-14-16-27(17-15-26)20-6-4-19(24)5-7-20/h4-7,9,12,18H,3,8,10-11,13-17H2,1-2H3. The van der Waals surface area contributed by atoms with Gasteiger partial charge in [-0.05, 0) is 55.6 Å². The Bertz CT molecular complexity index is 839. The molecule has 0 N–H and O–H groups in total. The van der Waals surface area contributed by atoms with Gasteiger partial charge < -0.3 is 14.4 Å². The molecule has 1 aromatic heterocycles. The number of benzene rings is 1. The molecule has 1 amide bonds. The maximum atomic E-state index is 13.0. The first-order chi connectivity index (χ1) is 14.0. The molecule has 4 rings (SSSR count). The molecule has 0 spiro atoms. The average molecular weight is 415 g/mol. The van der Waals surface area contributed by atoms with E-state index in [2.05, 4.69) is 38.3 Å². The lowest BCUT2D eigenvalue weighted by Gasteiger charge is -2.36. The van der Waals surface area contributed by atoms with Gasteiger partial charge in [-0.25, -0.2) is 0 Å². The topological polar surface area (TPSA) is 31.7 Å². The van der Waals surface area contributed by atoms with Gasteiger partial charge in [0.1, 0.15) is 0 Å². The van der Waals surface area contributed by atoms with Gasteiger partial charge in [-0.3, -0.25) is 9.69 Å². The van der Waals surface area contributed by atoms with Crippen molar-refractivity contribution in [2.75, 3.05) is 50.7 Å². The predicted octanol–water partition coefficient (Wildman–Crippen LogP) is 3.84. The van der Waals surface area contributed by atoms with Crippen LogP contribution in [0.5, 0.6) is 0 Å². The smallest absolute Gasteiger partial charge is 0.255 e. The van der Waals surface area contributed by atoms with E-state index in [1.165, 1.54) is 11.4 Å². The van der Waals surface area contributed by atoms with Crippen molar-refractivity contribution in [2.45, 2.75) is 25.7 Å². The Kier molecular flexibility index (Phi) is 6.16. The Morgan fingerprint density at radius 2 is 1.72 bits per heavy atom. The molecule has 0 bridgehead atoms. The second-order valence-electron chi connectivity index (χ2n) is 8.37. The van der Waals surface area contributed by atoms with Gasteiger partial charge in [-0.15, -0.1) is 0 Å². The van der Waals surface area contributed by atoms with E-state index in [9.17, 15) is 4.79 Å². The monoisotopic (exact) mass is 414 g/mol. The summed E-state index contributed by atoms with van der Waals surface area (Å²) in [7, 11) is 2.04. The lowest BCUT2D eigenvalue weighted by atomic mass is 10.0. The third-order valence-electron chi connectivity index (χ3n) is 6.40. The lowest BCUT2D eigenvalue weighted by molar-refractivity contribution is 0.0752. The number of piperazine rings is 1. The van der Waals surface area contributed by atoms with Gasteiger partial charge in [0.15, 0.2) is 0 Å². The highest BCUT2D eigenvalue weighted by molar-refractivity contribution is 6.30. The SMILES string of the molecule is CC1CCN(CCCN2CCN(c3ccc(Cl)cc3)CC2)C(=O)c2ccn(C)c21. The molecule has 1 aromatic carbocycles. The number of rotatable bonds is 5. The van der Waals surface area contributed by atoms with Crippen LogP contribution in [0.4, 0.5) is 5.69 Å². The summed E-state index contributed by atoms with van der Waals surface area (Å²) >= 11 is 6.00. The number of hydrogen-bond donors (Lipinski definition) is 0. The quantitative estimate of drug-likeness (QED) is 0.744. The van der Waals surface area contributed by atoms with Crippen molar-refractivity contribution in [1.82, 2.24) is 14.4 Å². The summed E-state index contributed by atoms with van der Waals surface area (Å²) in [5, 5.41) is 0.785. The third-order valence-corrected chi connectivity index (χ3v) is 6.66. The number of anilines is 1. The van der Waals surface area contributed by atoms with Crippen LogP contribution in [-0.2, 0) is 7.05 Å². The summed E-state index contributed by atoms with van der Waals surface area (Å²) in [6, 6.07) is 10.1. The van der Waals surface area contributed by atoms with Gasteiger partial charge in [0.25, 0.3) is 5.91 Å². The first-order valence-electron chi connectivity index (χ1n) is 10.7. The van der Waals surface area contributed by atoms with Crippen molar-refractivity contribution in [3.05, 3.63) is 52.8 Å². The van der Waals surface area contributed by atoms with Crippen LogP contribution in [0.1, 0.15) is 41.7 Å². The molecule has 2 aliphatic rings. The molecule has 0 saturated carbocycles. The minimum absolute atomic E-state index is 0.206. The Hall–Kier alpha value is -1.98. The van der Waals surface area contributed by atoms with Crippen LogP contribution >= 0.6 is 11.6 Å².